The van der Waals surface area contributed by atoms with E-state index >= 15 is 0 Å². The number of hydrogen-bond donors (Lipinski definition) is 1. The van der Waals surface area contributed by atoms with Gasteiger partial charge < -0.3 is 19.5 Å². The first-order chi connectivity index (χ1) is 14.0. The van der Waals surface area contributed by atoms with E-state index in [-0.39, 0.29) is 6.54 Å². The fraction of sp³-hybridized carbons (Fsp3) is 0.222. The Bertz CT molecular complexity index is 1250. The maximum atomic E-state index is 12.6. The van der Waals surface area contributed by atoms with Gasteiger partial charge in [0, 0.05) is 17.8 Å². The minimum Gasteiger partial charge on any atom is -0.493 e. The van der Waals surface area contributed by atoms with Gasteiger partial charge in [0.2, 0.25) is 11.7 Å². The summed E-state index contributed by atoms with van der Waals surface area (Å²) in [5, 5.41) is 8.89. The van der Waals surface area contributed by atoms with Crippen LogP contribution in [0.1, 0.15) is 0 Å². The second kappa shape index (κ2) is 7.43. The highest BCUT2D eigenvalue weighted by atomic mass is 32.1. The van der Waals surface area contributed by atoms with Crippen molar-refractivity contribution in [1.29, 1.82) is 0 Å². The molecule has 1 amide bonds. The third-order valence-corrected chi connectivity index (χ3v) is 5.17. The zero-order valence-corrected chi connectivity index (χ0v) is 16.6. The average Bonchev–Trinajstić information content (AvgIpc) is 3.32. The van der Waals surface area contributed by atoms with Gasteiger partial charge in [-0.1, -0.05) is 0 Å². The van der Waals surface area contributed by atoms with Crippen molar-refractivity contribution in [2.75, 3.05) is 26.6 Å². The highest BCUT2D eigenvalue weighted by molar-refractivity contribution is 7.17. The Hall–Kier alpha value is -3.60. The number of ether oxygens (including phenoxy) is 3. The number of fused-ring (bicyclic) bond motifs is 3. The largest absolute Gasteiger partial charge is 0.493 e. The first-order valence-corrected chi connectivity index (χ1v) is 9.35. The van der Waals surface area contributed by atoms with E-state index in [0.717, 1.165) is 14.9 Å². The number of hydrogen-bond acceptors (Lipinski definition) is 8. The third-order valence-electron chi connectivity index (χ3n) is 4.27. The number of benzene rings is 1. The number of nitrogens with zero attached hydrogens (tertiary/aromatic N) is 4. The summed E-state index contributed by atoms with van der Waals surface area (Å²) in [6.45, 7) is -0.260. The molecule has 4 aromatic rings. The topological polar surface area (TPSA) is 109 Å². The van der Waals surface area contributed by atoms with Crippen LogP contribution in [0.4, 0.5) is 5.69 Å². The third kappa shape index (κ3) is 3.25. The van der Waals surface area contributed by atoms with Crippen LogP contribution in [0.3, 0.4) is 0 Å². The summed E-state index contributed by atoms with van der Waals surface area (Å²) < 4.78 is 19.0. The van der Waals surface area contributed by atoms with Crippen LogP contribution < -0.4 is 25.2 Å². The highest BCUT2D eigenvalue weighted by Crippen LogP contribution is 2.39. The second-order valence-electron chi connectivity index (χ2n) is 5.98. The van der Waals surface area contributed by atoms with Gasteiger partial charge in [-0.2, -0.15) is 0 Å². The minimum atomic E-state index is -0.442. The molecule has 0 radical (unpaired) electrons. The maximum absolute atomic E-state index is 12.6. The van der Waals surface area contributed by atoms with Crippen LogP contribution in [0, 0.1) is 0 Å². The summed E-state index contributed by atoms with van der Waals surface area (Å²) in [6.07, 6.45) is 1.41. The van der Waals surface area contributed by atoms with Gasteiger partial charge in [0.25, 0.3) is 0 Å². The summed E-state index contributed by atoms with van der Waals surface area (Å²) in [5.41, 5.74) is 1.21. The van der Waals surface area contributed by atoms with Crippen molar-refractivity contribution in [2.24, 2.45) is 0 Å². The van der Waals surface area contributed by atoms with Gasteiger partial charge in [-0.05, 0) is 11.4 Å². The number of rotatable bonds is 6. The van der Waals surface area contributed by atoms with E-state index in [4.69, 9.17) is 14.2 Å². The van der Waals surface area contributed by atoms with Gasteiger partial charge in [-0.3, -0.25) is 4.79 Å². The summed E-state index contributed by atoms with van der Waals surface area (Å²) in [6, 6.07) is 5.05. The predicted molar refractivity (Wildman–Crippen MR) is 107 cm³/mol. The van der Waals surface area contributed by atoms with Crippen LogP contribution in [0.15, 0.2) is 34.7 Å². The number of thiophene rings is 1. The Kier molecular flexibility index (Phi) is 4.80. The SMILES string of the molecule is COc1cc(NC(=O)Cn2nc3c4sccc4ncn3c2=O)cc(OC)c1OC. The van der Waals surface area contributed by atoms with Crippen molar-refractivity contribution in [3.63, 3.8) is 0 Å². The van der Waals surface area contributed by atoms with Crippen LogP contribution in [0.2, 0.25) is 0 Å². The number of carbonyl (C=O) groups excluding carboxylic acids is 1. The lowest BCUT2D eigenvalue weighted by molar-refractivity contribution is -0.117. The average molecular weight is 415 g/mol. The van der Waals surface area contributed by atoms with Gasteiger partial charge in [0.15, 0.2) is 17.1 Å². The van der Waals surface area contributed by atoms with Gasteiger partial charge in [-0.25, -0.2) is 18.9 Å². The van der Waals surface area contributed by atoms with E-state index in [2.05, 4.69) is 15.4 Å². The minimum absolute atomic E-state index is 0.260. The van der Waals surface area contributed by atoms with Crippen LogP contribution >= 0.6 is 11.3 Å². The monoisotopic (exact) mass is 415 g/mol. The Labute approximate surface area is 168 Å². The molecule has 11 heteroatoms. The molecule has 0 saturated carbocycles. The first-order valence-electron chi connectivity index (χ1n) is 8.47. The fourth-order valence-corrected chi connectivity index (χ4v) is 3.78. The van der Waals surface area contributed by atoms with Gasteiger partial charge in [0.1, 0.15) is 12.9 Å². The normalized spacial score (nSPS) is 11.0. The van der Waals surface area contributed by atoms with E-state index in [0.29, 0.717) is 28.6 Å². The zero-order valence-electron chi connectivity index (χ0n) is 15.8. The number of methoxy groups -OCH3 is 3. The molecular weight excluding hydrogens is 398 g/mol. The smallest absolute Gasteiger partial charge is 0.352 e. The molecule has 0 aliphatic heterocycles. The second-order valence-corrected chi connectivity index (χ2v) is 6.89. The van der Waals surface area contributed by atoms with Crippen LogP contribution in [-0.2, 0) is 11.3 Å². The van der Waals surface area contributed by atoms with Crippen molar-refractivity contribution >= 4 is 38.8 Å². The predicted octanol–water partition coefficient (Wildman–Crippen LogP) is 1.77. The van der Waals surface area contributed by atoms with E-state index in [9.17, 15) is 9.59 Å². The molecule has 3 aromatic heterocycles. The molecule has 1 aromatic carbocycles. The van der Waals surface area contributed by atoms with Crippen molar-refractivity contribution < 1.29 is 19.0 Å². The maximum Gasteiger partial charge on any atom is 0.352 e. The van der Waals surface area contributed by atoms with E-state index in [1.807, 2.05) is 11.4 Å². The van der Waals surface area contributed by atoms with E-state index in [1.165, 1.54) is 43.4 Å². The molecule has 0 bridgehead atoms. The molecule has 1 N–H and O–H groups in total. The van der Waals surface area contributed by atoms with E-state index < -0.39 is 11.6 Å². The number of amides is 1. The molecule has 0 atom stereocenters. The number of nitrogens with one attached hydrogen (secondary N) is 1. The number of carbonyl (C=O) groups is 1. The standard InChI is InChI=1S/C18H17N5O5S/c1-26-12-6-10(7-13(27-2)15(12)28-3)20-14(24)8-23-18(25)22-9-19-11-4-5-29-16(11)17(22)21-23/h4-7,9H,8H2,1-3H3,(H,20,24). The zero-order chi connectivity index (χ0) is 20.5. The first kappa shape index (κ1) is 18.7. The van der Waals surface area contributed by atoms with Crippen molar-refractivity contribution in [3.05, 3.63) is 40.4 Å². The Morgan fingerprint density at radius 1 is 1.17 bits per heavy atom. The van der Waals surface area contributed by atoms with Crippen LogP contribution in [0.5, 0.6) is 17.2 Å². The number of anilines is 1. The molecular formula is C18H17N5O5S. The molecule has 4 rings (SSSR count). The van der Waals surface area contributed by atoms with Gasteiger partial charge in [-0.15, -0.1) is 16.4 Å². The summed E-state index contributed by atoms with van der Waals surface area (Å²) >= 11 is 1.43. The molecule has 29 heavy (non-hydrogen) atoms. The van der Waals surface area contributed by atoms with E-state index in [1.54, 1.807) is 12.1 Å². The van der Waals surface area contributed by atoms with Gasteiger partial charge >= 0.3 is 5.69 Å². The Morgan fingerprint density at radius 2 is 1.90 bits per heavy atom. The van der Waals surface area contributed by atoms with Crippen LogP contribution in [-0.4, -0.2) is 46.4 Å². The van der Waals surface area contributed by atoms with Crippen molar-refractivity contribution in [2.45, 2.75) is 6.54 Å². The summed E-state index contributed by atoms with van der Waals surface area (Å²) in [4.78, 5) is 29.3. The molecule has 150 valence electrons. The highest BCUT2D eigenvalue weighted by Gasteiger charge is 2.17. The summed E-state index contributed by atoms with van der Waals surface area (Å²) in [5.74, 6) is 0.786. The lowest BCUT2D eigenvalue weighted by atomic mass is 10.2. The Morgan fingerprint density at radius 3 is 2.55 bits per heavy atom. The van der Waals surface area contributed by atoms with Gasteiger partial charge in [0.05, 0.1) is 31.5 Å². The lowest BCUT2D eigenvalue weighted by Crippen LogP contribution is -2.28. The molecule has 0 unspecified atom stereocenters. The molecule has 10 nitrogen and oxygen atoms in total. The molecule has 0 aliphatic carbocycles. The fourth-order valence-electron chi connectivity index (χ4n) is 2.96. The van der Waals surface area contributed by atoms with Crippen molar-refractivity contribution in [1.82, 2.24) is 19.2 Å². The summed E-state index contributed by atoms with van der Waals surface area (Å²) in [7, 11) is 4.46. The molecule has 0 fully saturated rings. The Balaban J connectivity index is 1.62. The molecule has 0 aliphatic rings. The molecule has 0 spiro atoms. The quantitative estimate of drug-likeness (QED) is 0.511. The van der Waals surface area contributed by atoms with Crippen molar-refractivity contribution in [3.8, 4) is 17.2 Å². The lowest BCUT2D eigenvalue weighted by Gasteiger charge is -2.14. The number of aromatic nitrogens is 4. The molecule has 3 heterocycles. The molecule has 0 saturated heterocycles. The van der Waals surface area contributed by atoms with Crippen LogP contribution in [0.25, 0.3) is 15.9 Å².